The molecule has 0 saturated heterocycles. The molecular weight excluding hydrogens is 428 g/mol. The normalized spacial score (nSPS) is 11.1. The molecule has 1 aromatic rings. The van der Waals surface area contributed by atoms with Gasteiger partial charge in [-0.1, -0.05) is 6.07 Å². The van der Waals surface area contributed by atoms with Crippen LogP contribution in [0.3, 0.4) is 0 Å². The number of pyridine rings is 1. The number of rotatable bonds is 4. The Morgan fingerprint density at radius 1 is 1.05 bits per heavy atom. The first-order valence-electron chi connectivity index (χ1n) is 4.23. The summed E-state index contributed by atoms with van der Waals surface area (Å²) in [6.07, 6.45) is 1.20. The summed E-state index contributed by atoms with van der Waals surface area (Å²) in [5.74, 6) is 0. The van der Waals surface area contributed by atoms with Crippen molar-refractivity contribution in [3.05, 3.63) is 30.1 Å². The number of hydrogen-bond donors (Lipinski definition) is 1. The van der Waals surface area contributed by atoms with Crippen LogP contribution >= 0.6 is 15.2 Å². The van der Waals surface area contributed by atoms with Gasteiger partial charge in [-0.05, 0) is 26.8 Å². The van der Waals surface area contributed by atoms with Crippen molar-refractivity contribution in [1.29, 1.82) is 0 Å². The summed E-state index contributed by atoms with van der Waals surface area (Å²) in [5, 5.41) is 5.46. The molecule has 8 nitrogen and oxygen atoms in total. The second kappa shape index (κ2) is 14.9. The molecule has 1 rings (SSSR count). The average Bonchev–Trinajstić information content (AvgIpc) is 2.15. The third kappa shape index (κ3) is 10.9. The summed E-state index contributed by atoms with van der Waals surface area (Å²) in [7, 11) is -12.1. The van der Waals surface area contributed by atoms with Gasteiger partial charge in [0.25, 0.3) is 0 Å². The average molecular weight is 435 g/mol. The van der Waals surface area contributed by atoms with Crippen molar-refractivity contribution in [3.8, 4) is 0 Å². The van der Waals surface area contributed by atoms with Gasteiger partial charge < -0.3 is 33.8 Å². The minimum atomic E-state index is -6.04. The fourth-order valence-electron chi connectivity index (χ4n) is 1.12. The van der Waals surface area contributed by atoms with Gasteiger partial charge >= 0.3 is 206 Å². The Kier molecular flexibility index (Phi) is 24.4. The summed E-state index contributed by atoms with van der Waals surface area (Å²) in [6.45, 7) is 0. The van der Waals surface area contributed by atoms with Crippen LogP contribution in [0.15, 0.2) is 24.5 Å². The van der Waals surface area contributed by atoms with Crippen LogP contribution in [0.25, 0.3) is 0 Å². The van der Waals surface area contributed by atoms with Crippen LogP contribution in [-0.4, -0.2) is 15.2 Å². The van der Waals surface area contributed by atoms with Crippen LogP contribution in [0.5, 0.6) is 0 Å². The van der Waals surface area contributed by atoms with E-state index in [1.165, 1.54) is 18.3 Å². The maximum absolute atomic E-state index is 10.7. The molecule has 0 saturated carbocycles. The molecule has 1 heterocycles. The van der Waals surface area contributed by atoms with E-state index in [2.05, 4.69) is 4.98 Å². The Balaban J connectivity index is -0.000000361. The van der Waals surface area contributed by atoms with Crippen molar-refractivity contribution in [1.82, 2.24) is 4.98 Å². The molecule has 0 radical (unpaired) electrons. The van der Waals surface area contributed by atoms with Gasteiger partial charge in [-0.2, -0.15) is 0 Å². The molecule has 0 spiro atoms. The molecule has 14 heteroatoms. The zero-order chi connectivity index (χ0) is 13.3. The first-order valence-corrected chi connectivity index (χ1v) is 7.32. The fourth-order valence-corrected chi connectivity index (χ4v) is 3.07. The molecular formula is C7H7K4NO7P2. The monoisotopic (exact) mass is 435 g/mol. The molecule has 1 aromatic heterocycles. The van der Waals surface area contributed by atoms with E-state index < -0.39 is 26.7 Å². The van der Waals surface area contributed by atoms with E-state index >= 15 is 0 Å². The van der Waals surface area contributed by atoms with E-state index in [9.17, 15) is 33.8 Å². The molecule has 0 bridgehead atoms. The van der Waals surface area contributed by atoms with E-state index in [4.69, 9.17) is 0 Å². The molecule has 0 fully saturated rings. The Hall–Kier alpha value is 5.96. The second-order valence-corrected chi connectivity index (χ2v) is 7.13. The fraction of sp³-hybridized carbons (Fsp3) is 0.286. The predicted octanol–water partition coefficient (Wildman–Crippen LogP) is -14.9. The summed E-state index contributed by atoms with van der Waals surface area (Å²) < 4.78 is 21.5. The quantitative estimate of drug-likeness (QED) is 0.360. The van der Waals surface area contributed by atoms with E-state index in [0.717, 1.165) is 6.20 Å². The number of aliphatic hydroxyl groups is 1. The van der Waals surface area contributed by atoms with Crippen LogP contribution < -0.4 is 225 Å². The Morgan fingerprint density at radius 2 is 1.48 bits per heavy atom. The molecule has 0 aliphatic carbocycles. The van der Waals surface area contributed by atoms with Gasteiger partial charge in [0.15, 0.2) is 0 Å². The van der Waals surface area contributed by atoms with Crippen LogP contribution in [0.2, 0.25) is 0 Å². The molecule has 1 N–H and O–H groups in total. The molecule has 96 valence electrons. The minimum absolute atomic E-state index is 0. The van der Waals surface area contributed by atoms with Gasteiger partial charge in [0.05, 0.1) is 0 Å². The van der Waals surface area contributed by atoms with Crippen LogP contribution in [0, 0.1) is 0 Å². The largest absolute Gasteiger partial charge is 1.00 e. The van der Waals surface area contributed by atoms with Gasteiger partial charge in [0, 0.05) is 18.8 Å². The Bertz CT molecular complexity index is 471. The van der Waals surface area contributed by atoms with Crippen molar-refractivity contribution >= 4 is 15.2 Å². The van der Waals surface area contributed by atoms with Crippen molar-refractivity contribution in [2.24, 2.45) is 0 Å². The summed E-state index contributed by atoms with van der Waals surface area (Å²) >= 11 is 0. The van der Waals surface area contributed by atoms with Gasteiger partial charge in [0.1, 0.15) is 5.08 Å². The zero-order valence-electron chi connectivity index (χ0n) is 12.3. The Morgan fingerprint density at radius 3 is 1.76 bits per heavy atom. The van der Waals surface area contributed by atoms with Gasteiger partial charge in [-0.15, -0.1) is 0 Å². The smallest absolute Gasteiger partial charge is 0.808 e. The number of aromatic nitrogens is 1. The van der Waals surface area contributed by atoms with Crippen molar-refractivity contribution in [2.45, 2.75) is 11.5 Å². The van der Waals surface area contributed by atoms with Crippen molar-refractivity contribution in [2.75, 3.05) is 0 Å². The molecule has 0 aromatic carbocycles. The molecule has 0 amide bonds. The molecule has 0 aliphatic heterocycles. The first kappa shape index (κ1) is 34.5. The third-order valence-electron chi connectivity index (χ3n) is 2.04. The molecule has 0 atom stereocenters. The topological polar surface area (TPSA) is 160 Å². The predicted molar refractivity (Wildman–Crippen MR) is 48.1 cm³/mol. The number of nitrogens with zero attached hydrogens (tertiary/aromatic N) is 1. The maximum Gasteiger partial charge on any atom is 1.00 e. The van der Waals surface area contributed by atoms with Gasteiger partial charge in [-0.25, -0.2) is 0 Å². The molecule has 0 aliphatic rings. The van der Waals surface area contributed by atoms with Crippen LogP contribution in [0.4, 0.5) is 0 Å². The second-order valence-electron chi connectivity index (χ2n) is 3.31. The summed E-state index contributed by atoms with van der Waals surface area (Å²) in [4.78, 5) is 46.5. The number of hydrogen-bond acceptors (Lipinski definition) is 8. The Labute approximate surface area is 292 Å². The third-order valence-corrected chi connectivity index (χ3v) is 5.58. The summed E-state index contributed by atoms with van der Waals surface area (Å²) in [5.41, 5.74) is -0.0612. The van der Waals surface area contributed by atoms with Crippen molar-refractivity contribution in [3.63, 3.8) is 0 Å². The maximum atomic E-state index is 10.7. The molecule has 0 unspecified atom stereocenters. The van der Waals surface area contributed by atoms with Crippen molar-refractivity contribution < 1.29 is 239 Å². The molecule has 21 heavy (non-hydrogen) atoms. The van der Waals surface area contributed by atoms with Gasteiger partial charge in [-0.3, -0.25) is 4.98 Å². The first-order chi connectivity index (χ1) is 7.58. The van der Waals surface area contributed by atoms with Crippen LogP contribution in [0.1, 0.15) is 5.56 Å². The van der Waals surface area contributed by atoms with Gasteiger partial charge in [0.2, 0.25) is 0 Å². The summed E-state index contributed by atoms with van der Waals surface area (Å²) in [6, 6.07) is 2.56. The van der Waals surface area contributed by atoms with E-state index in [1.54, 1.807) is 0 Å². The SMILES string of the molecule is O=P([O-])([O-])C(O)(Cc1cccnc1)P(=O)([O-])[O-].[K+].[K+].[K+].[K+]. The van der Waals surface area contributed by atoms with E-state index in [0.29, 0.717) is 0 Å². The van der Waals surface area contributed by atoms with Crippen LogP contribution in [-0.2, 0) is 15.6 Å². The minimum Gasteiger partial charge on any atom is -0.808 e. The zero-order valence-corrected chi connectivity index (χ0v) is 26.5. The van der Waals surface area contributed by atoms with E-state index in [1.807, 2.05) is 0 Å². The standard InChI is InChI=1S/C7H11NO7P2.4K/c9-7(16(10,11)12,17(13,14)15)4-6-2-1-3-8-5-6;;;;/h1-3,5,9H,4H2,(H2,10,11,12)(H2,13,14,15);;;;/q;4*+1/p-4. The van der Waals surface area contributed by atoms with E-state index in [-0.39, 0.29) is 211 Å².